The Kier molecular flexibility index (Phi) is 5.76. The van der Waals surface area contributed by atoms with Gasteiger partial charge in [-0.05, 0) is 36.8 Å². The van der Waals surface area contributed by atoms with Crippen molar-refractivity contribution in [3.8, 4) is 0 Å². The van der Waals surface area contributed by atoms with E-state index >= 15 is 0 Å². The highest BCUT2D eigenvalue weighted by Gasteiger charge is 2.11. The molecule has 2 aromatic rings. The zero-order valence-corrected chi connectivity index (χ0v) is 14.6. The number of rotatable bonds is 4. The first-order chi connectivity index (χ1) is 9.49. The number of hydrogen-bond donors (Lipinski definition) is 1. The zero-order valence-electron chi connectivity index (χ0n) is 10.8. The summed E-state index contributed by atoms with van der Waals surface area (Å²) in [5, 5.41) is 5.05. The summed E-state index contributed by atoms with van der Waals surface area (Å²) in [6.07, 6.45) is 0. The van der Waals surface area contributed by atoms with Gasteiger partial charge in [0.25, 0.3) is 0 Å². The highest BCUT2D eigenvalue weighted by Crippen LogP contribution is 2.31. The van der Waals surface area contributed by atoms with Crippen LogP contribution in [-0.4, -0.2) is 0 Å². The lowest BCUT2D eigenvalue weighted by Gasteiger charge is -2.16. The third kappa shape index (κ3) is 3.90. The van der Waals surface area contributed by atoms with E-state index in [1.54, 1.807) is 12.1 Å². The average molecular weight is 394 g/mol. The molecule has 20 heavy (non-hydrogen) atoms. The van der Waals surface area contributed by atoms with Crippen molar-refractivity contribution in [2.24, 2.45) is 0 Å². The van der Waals surface area contributed by atoms with Crippen molar-refractivity contribution in [2.45, 2.75) is 19.5 Å². The summed E-state index contributed by atoms with van der Waals surface area (Å²) in [6.45, 7) is 2.66. The molecule has 0 aliphatic heterocycles. The largest absolute Gasteiger partial charge is 0.306 e. The second-order valence-corrected chi connectivity index (χ2v) is 6.58. The normalized spacial score (nSPS) is 12.4. The predicted molar refractivity (Wildman–Crippen MR) is 90.9 cm³/mol. The van der Waals surface area contributed by atoms with Crippen molar-refractivity contribution >= 4 is 50.7 Å². The Balaban J connectivity index is 2.09. The molecule has 2 rings (SSSR count). The van der Waals surface area contributed by atoms with Crippen LogP contribution in [-0.2, 0) is 6.54 Å². The van der Waals surface area contributed by atoms with Crippen molar-refractivity contribution in [3.05, 3.63) is 67.1 Å². The minimum Gasteiger partial charge on any atom is -0.306 e. The van der Waals surface area contributed by atoms with Gasteiger partial charge in [-0.1, -0.05) is 62.9 Å². The second kappa shape index (κ2) is 7.15. The van der Waals surface area contributed by atoms with Gasteiger partial charge in [0.1, 0.15) is 0 Å². The van der Waals surface area contributed by atoms with E-state index in [9.17, 15) is 0 Å². The molecule has 0 heterocycles. The van der Waals surface area contributed by atoms with E-state index in [-0.39, 0.29) is 6.04 Å². The average Bonchev–Trinajstić information content (AvgIpc) is 2.43. The fraction of sp³-hybridized carbons (Fsp3) is 0.200. The van der Waals surface area contributed by atoms with Gasteiger partial charge in [0.2, 0.25) is 0 Å². The standard InChI is InChI=1S/C15H13BrCl3N/c1-9(10-2-4-11(16)5-3-10)20-8-12-13(17)6-7-14(18)15(12)19/h2-7,9,20H,8H2,1H3/t9-/m0/s1. The third-order valence-corrected chi connectivity index (χ3v) is 4.82. The molecule has 5 heteroatoms. The Morgan fingerprint density at radius 3 is 2.25 bits per heavy atom. The topological polar surface area (TPSA) is 12.0 Å². The van der Waals surface area contributed by atoms with Gasteiger partial charge >= 0.3 is 0 Å². The zero-order chi connectivity index (χ0) is 14.7. The van der Waals surface area contributed by atoms with Gasteiger partial charge in [0.05, 0.1) is 10.0 Å². The highest BCUT2D eigenvalue weighted by atomic mass is 79.9. The van der Waals surface area contributed by atoms with E-state index in [0.717, 1.165) is 10.0 Å². The lowest BCUT2D eigenvalue weighted by atomic mass is 10.1. The van der Waals surface area contributed by atoms with E-state index in [2.05, 4.69) is 40.3 Å². The van der Waals surface area contributed by atoms with Crippen LogP contribution in [0.4, 0.5) is 0 Å². The summed E-state index contributed by atoms with van der Waals surface area (Å²) in [6, 6.07) is 11.8. The number of benzene rings is 2. The van der Waals surface area contributed by atoms with Crippen LogP contribution in [0.15, 0.2) is 40.9 Å². The quantitative estimate of drug-likeness (QED) is 0.605. The summed E-state index contributed by atoms with van der Waals surface area (Å²) in [7, 11) is 0. The van der Waals surface area contributed by atoms with Crippen LogP contribution >= 0.6 is 50.7 Å². The summed E-state index contributed by atoms with van der Waals surface area (Å²) in [4.78, 5) is 0. The third-order valence-electron chi connectivity index (χ3n) is 3.09. The van der Waals surface area contributed by atoms with Gasteiger partial charge in [0, 0.05) is 27.6 Å². The molecule has 0 spiro atoms. The van der Waals surface area contributed by atoms with E-state index < -0.39 is 0 Å². The summed E-state index contributed by atoms with van der Waals surface area (Å²) in [5.74, 6) is 0. The Labute approximate surface area is 142 Å². The molecular weight excluding hydrogens is 380 g/mol. The maximum absolute atomic E-state index is 6.19. The van der Waals surface area contributed by atoms with Crippen LogP contribution in [0.25, 0.3) is 0 Å². The van der Waals surface area contributed by atoms with Crippen molar-refractivity contribution in [1.82, 2.24) is 5.32 Å². The monoisotopic (exact) mass is 391 g/mol. The van der Waals surface area contributed by atoms with Gasteiger partial charge < -0.3 is 5.32 Å². The van der Waals surface area contributed by atoms with Crippen molar-refractivity contribution in [3.63, 3.8) is 0 Å². The smallest absolute Gasteiger partial charge is 0.0652 e. The van der Waals surface area contributed by atoms with Crippen LogP contribution < -0.4 is 5.32 Å². The van der Waals surface area contributed by atoms with Crippen LogP contribution in [0.2, 0.25) is 15.1 Å². The van der Waals surface area contributed by atoms with Crippen LogP contribution in [0.1, 0.15) is 24.1 Å². The summed E-state index contributed by atoms with van der Waals surface area (Å²) >= 11 is 21.8. The fourth-order valence-electron chi connectivity index (χ4n) is 1.86. The molecule has 2 aromatic carbocycles. The van der Waals surface area contributed by atoms with Crippen LogP contribution in [0.3, 0.4) is 0 Å². The second-order valence-electron chi connectivity index (χ2n) is 4.48. The SMILES string of the molecule is C[C@H](NCc1c(Cl)ccc(Cl)c1Cl)c1ccc(Br)cc1. The molecule has 0 saturated heterocycles. The molecule has 0 fully saturated rings. The molecular formula is C15H13BrCl3N. The fourth-order valence-corrected chi connectivity index (χ4v) is 2.80. The van der Waals surface area contributed by atoms with E-state index in [0.29, 0.717) is 21.6 Å². The molecule has 0 radical (unpaired) electrons. The predicted octanol–water partition coefficient (Wildman–Crippen LogP) is 6.26. The molecule has 0 saturated carbocycles. The maximum Gasteiger partial charge on any atom is 0.0652 e. The van der Waals surface area contributed by atoms with Gasteiger partial charge in [-0.25, -0.2) is 0 Å². The first-order valence-electron chi connectivity index (χ1n) is 6.10. The molecule has 106 valence electrons. The molecule has 0 aliphatic carbocycles. The summed E-state index contributed by atoms with van der Waals surface area (Å²) in [5.41, 5.74) is 2.02. The van der Waals surface area contributed by atoms with Crippen molar-refractivity contribution in [2.75, 3.05) is 0 Å². The number of halogens is 4. The minimum atomic E-state index is 0.189. The maximum atomic E-state index is 6.19. The minimum absolute atomic E-state index is 0.189. The van der Waals surface area contributed by atoms with Crippen LogP contribution in [0.5, 0.6) is 0 Å². The Hall–Kier alpha value is -0.250. The molecule has 0 aromatic heterocycles. The van der Waals surface area contributed by atoms with Crippen molar-refractivity contribution in [1.29, 1.82) is 0 Å². The van der Waals surface area contributed by atoms with Crippen molar-refractivity contribution < 1.29 is 0 Å². The first kappa shape index (κ1) is 16.1. The molecule has 0 aliphatic rings. The lowest BCUT2D eigenvalue weighted by molar-refractivity contribution is 0.575. The van der Waals surface area contributed by atoms with Gasteiger partial charge in [0.15, 0.2) is 0 Å². The van der Waals surface area contributed by atoms with E-state index in [1.807, 2.05) is 12.1 Å². The lowest BCUT2D eigenvalue weighted by Crippen LogP contribution is -2.18. The molecule has 0 bridgehead atoms. The van der Waals surface area contributed by atoms with Crippen LogP contribution in [0, 0.1) is 0 Å². The van der Waals surface area contributed by atoms with Gasteiger partial charge in [-0.15, -0.1) is 0 Å². The number of nitrogens with one attached hydrogen (secondary N) is 1. The highest BCUT2D eigenvalue weighted by molar-refractivity contribution is 9.10. The molecule has 0 amide bonds. The molecule has 1 nitrogen and oxygen atoms in total. The Bertz CT molecular complexity index is 599. The molecule has 0 unspecified atom stereocenters. The van der Waals surface area contributed by atoms with E-state index in [1.165, 1.54) is 5.56 Å². The summed E-state index contributed by atoms with van der Waals surface area (Å²) < 4.78 is 1.06. The van der Waals surface area contributed by atoms with E-state index in [4.69, 9.17) is 34.8 Å². The number of hydrogen-bond acceptors (Lipinski definition) is 1. The van der Waals surface area contributed by atoms with Gasteiger partial charge in [-0.2, -0.15) is 0 Å². The first-order valence-corrected chi connectivity index (χ1v) is 8.03. The Morgan fingerprint density at radius 1 is 1.00 bits per heavy atom. The molecule has 1 atom stereocenters. The Morgan fingerprint density at radius 2 is 1.60 bits per heavy atom. The van der Waals surface area contributed by atoms with Gasteiger partial charge in [-0.3, -0.25) is 0 Å². The molecule has 1 N–H and O–H groups in total.